The molecule has 1 saturated carbocycles. The largest absolute Gasteiger partial charge is 0.481 e. The third-order valence-corrected chi connectivity index (χ3v) is 6.09. The van der Waals surface area contributed by atoms with Gasteiger partial charge in [-0.2, -0.15) is 0 Å². The van der Waals surface area contributed by atoms with Gasteiger partial charge in [-0.15, -0.1) is 11.3 Å². The van der Waals surface area contributed by atoms with Crippen LogP contribution in [0.4, 0.5) is 0 Å². The second-order valence-corrected chi connectivity index (χ2v) is 7.72. The number of carbonyl (C=O) groups is 1. The number of aromatic nitrogens is 1. The Morgan fingerprint density at radius 1 is 1.32 bits per heavy atom. The summed E-state index contributed by atoms with van der Waals surface area (Å²) in [7, 11) is 0. The number of hydrogen-bond donors (Lipinski definition) is 1. The van der Waals surface area contributed by atoms with Gasteiger partial charge in [0, 0.05) is 30.8 Å². The lowest BCUT2D eigenvalue weighted by molar-refractivity contribution is -0.137. The van der Waals surface area contributed by atoms with Crippen molar-refractivity contribution in [3.05, 3.63) is 16.1 Å². The Bertz CT molecular complexity index is 497. The molecule has 2 aliphatic rings. The maximum atomic E-state index is 10.7. The van der Waals surface area contributed by atoms with Crippen LogP contribution in [0.25, 0.3) is 0 Å². The topological polar surface area (TPSA) is 53.4 Å². The van der Waals surface area contributed by atoms with Crippen molar-refractivity contribution in [2.45, 2.75) is 63.8 Å². The average Bonchev–Trinajstić information content (AvgIpc) is 3.16. The Kier molecular flexibility index (Phi) is 5.47. The predicted octanol–water partition coefficient (Wildman–Crippen LogP) is 3.88. The fourth-order valence-electron chi connectivity index (χ4n) is 3.84. The predicted molar refractivity (Wildman–Crippen MR) is 88.2 cm³/mol. The van der Waals surface area contributed by atoms with E-state index in [2.05, 4.69) is 10.3 Å². The maximum Gasteiger partial charge on any atom is 0.303 e. The Hall–Kier alpha value is -0.940. The van der Waals surface area contributed by atoms with Gasteiger partial charge in [-0.3, -0.25) is 9.69 Å². The molecule has 122 valence electrons. The van der Waals surface area contributed by atoms with E-state index in [4.69, 9.17) is 10.1 Å². The molecule has 1 N–H and O–H groups in total. The fraction of sp³-hybridized carbons (Fsp3) is 0.765. The minimum absolute atomic E-state index is 0.307. The number of likely N-dealkylation sites (tertiary alicyclic amines) is 1. The van der Waals surface area contributed by atoms with Crippen LogP contribution in [-0.2, 0) is 11.3 Å². The molecular weight excluding hydrogens is 296 g/mol. The Labute approximate surface area is 136 Å². The summed E-state index contributed by atoms with van der Waals surface area (Å²) in [6.07, 6.45) is 8.82. The molecule has 0 spiro atoms. The smallest absolute Gasteiger partial charge is 0.303 e. The van der Waals surface area contributed by atoms with E-state index in [1.807, 2.05) is 11.3 Å². The minimum Gasteiger partial charge on any atom is -0.481 e. The highest BCUT2D eigenvalue weighted by Gasteiger charge is 2.23. The van der Waals surface area contributed by atoms with Crippen LogP contribution in [0.2, 0.25) is 0 Å². The molecule has 0 radical (unpaired) electrons. The van der Waals surface area contributed by atoms with Gasteiger partial charge in [0.05, 0.1) is 10.7 Å². The van der Waals surface area contributed by atoms with Crippen molar-refractivity contribution < 1.29 is 9.90 Å². The van der Waals surface area contributed by atoms with Crippen molar-refractivity contribution in [1.29, 1.82) is 0 Å². The number of piperidine rings is 1. The number of rotatable bonds is 6. The lowest BCUT2D eigenvalue weighted by Crippen LogP contribution is -2.35. The van der Waals surface area contributed by atoms with Gasteiger partial charge < -0.3 is 5.11 Å². The van der Waals surface area contributed by atoms with E-state index in [1.54, 1.807) is 0 Å². The Morgan fingerprint density at radius 2 is 2.14 bits per heavy atom. The molecule has 5 heteroatoms. The van der Waals surface area contributed by atoms with Crippen molar-refractivity contribution in [1.82, 2.24) is 9.88 Å². The van der Waals surface area contributed by atoms with Crippen molar-refractivity contribution >= 4 is 17.3 Å². The molecule has 1 atom stereocenters. The second kappa shape index (κ2) is 7.55. The summed E-state index contributed by atoms with van der Waals surface area (Å²) in [5.41, 5.74) is 1.21. The van der Waals surface area contributed by atoms with E-state index in [1.165, 1.54) is 49.2 Å². The molecule has 2 heterocycles. The first kappa shape index (κ1) is 15.9. The fourth-order valence-corrected chi connectivity index (χ4v) is 4.82. The van der Waals surface area contributed by atoms with Gasteiger partial charge in [0.25, 0.3) is 0 Å². The molecule has 4 nitrogen and oxygen atoms in total. The number of carboxylic acid groups (broad SMARTS) is 1. The van der Waals surface area contributed by atoms with Crippen LogP contribution in [0.5, 0.6) is 0 Å². The summed E-state index contributed by atoms with van der Waals surface area (Å²) >= 11 is 1.83. The average molecular weight is 322 g/mol. The molecule has 0 amide bonds. The summed E-state index contributed by atoms with van der Waals surface area (Å²) in [6.45, 7) is 3.09. The Balaban J connectivity index is 1.50. The van der Waals surface area contributed by atoms with Crippen molar-refractivity contribution in [3.8, 4) is 0 Å². The van der Waals surface area contributed by atoms with Crippen LogP contribution < -0.4 is 0 Å². The zero-order valence-corrected chi connectivity index (χ0v) is 14.0. The van der Waals surface area contributed by atoms with Crippen LogP contribution in [0.15, 0.2) is 5.38 Å². The quantitative estimate of drug-likeness (QED) is 0.863. The lowest BCUT2D eigenvalue weighted by atomic mass is 9.93. The highest BCUT2D eigenvalue weighted by Crippen LogP contribution is 2.35. The SMILES string of the molecule is O=C(O)CCC1CCCN(Cc2csc(C3CCCC3)n2)C1. The number of thiazole rings is 1. The first-order valence-corrected chi connectivity index (χ1v) is 9.47. The molecule has 22 heavy (non-hydrogen) atoms. The van der Waals surface area contributed by atoms with Crippen LogP contribution in [-0.4, -0.2) is 34.0 Å². The molecule has 0 bridgehead atoms. The third-order valence-electron chi connectivity index (χ3n) is 5.03. The summed E-state index contributed by atoms with van der Waals surface area (Å²) in [5.74, 6) is 0.582. The maximum absolute atomic E-state index is 10.7. The van der Waals surface area contributed by atoms with E-state index >= 15 is 0 Å². The molecule has 2 fully saturated rings. The van der Waals surface area contributed by atoms with Crippen molar-refractivity contribution in [2.75, 3.05) is 13.1 Å². The first-order chi connectivity index (χ1) is 10.7. The standard InChI is InChI=1S/C17H26N2O2S/c20-16(21)8-7-13-4-3-9-19(10-13)11-15-12-22-17(18-15)14-5-1-2-6-14/h12-14H,1-11H2,(H,20,21). The molecule has 0 aromatic carbocycles. The molecule has 3 rings (SSSR count). The highest BCUT2D eigenvalue weighted by atomic mass is 32.1. The lowest BCUT2D eigenvalue weighted by Gasteiger charge is -2.32. The third kappa shape index (κ3) is 4.29. The van der Waals surface area contributed by atoms with Crippen LogP contribution in [0, 0.1) is 5.92 Å². The summed E-state index contributed by atoms with van der Waals surface area (Å²) in [5, 5.41) is 12.4. The summed E-state index contributed by atoms with van der Waals surface area (Å²) in [4.78, 5) is 18.1. The highest BCUT2D eigenvalue weighted by molar-refractivity contribution is 7.09. The minimum atomic E-state index is -0.669. The van der Waals surface area contributed by atoms with Crippen LogP contribution >= 0.6 is 11.3 Å². The van der Waals surface area contributed by atoms with Gasteiger partial charge >= 0.3 is 5.97 Å². The van der Waals surface area contributed by atoms with Gasteiger partial charge in [0.2, 0.25) is 0 Å². The van der Waals surface area contributed by atoms with E-state index in [0.29, 0.717) is 18.3 Å². The van der Waals surface area contributed by atoms with Crippen LogP contribution in [0.1, 0.15) is 68.0 Å². The van der Waals surface area contributed by atoms with Crippen molar-refractivity contribution in [2.24, 2.45) is 5.92 Å². The number of carboxylic acids is 1. The number of nitrogens with zero attached hydrogens (tertiary/aromatic N) is 2. The Morgan fingerprint density at radius 3 is 2.91 bits per heavy atom. The molecular formula is C17H26N2O2S. The van der Waals surface area contributed by atoms with E-state index < -0.39 is 5.97 Å². The molecule has 1 aromatic rings. The zero-order valence-electron chi connectivity index (χ0n) is 13.2. The summed E-state index contributed by atoms with van der Waals surface area (Å²) in [6, 6.07) is 0. The molecule has 1 unspecified atom stereocenters. The van der Waals surface area contributed by atoms with Gasteiger partial charge in [-0.25, -0.2) is 4.98 Å². The van der Waals surface area contributed by atoms with E-state index in [9.17, 15) is 4.79 Å². The number of hydrogen-bond acceptors (Lipinski definition) is 4. The van der Waals surface area contributed by atoms with Gasteiger partial charge in [0.1, 0.15) is 0 Å². The molecule has 1 saturated heterocycles. The molecule has 1 aliphatic heterocycles. The monoisotopic (exact) mass is 322 g/mol. The first-order valence-electron chi connectivity index (χ1n) is 8.59. The van der Waals surface area contributed by atoms with Gasteiger partial charge in [0.15, 0.2) is 0 Å². The van der Waals surface area contributed by atoms with Gasteiger partial charge in [-0.1, -0.05) is 12.8 Å². The molecule has 1 aromatic heterocycles. The van der Waals surface area contributed by atoms with Crippen LogP contribution in [0.3, 0.4) is 0 Å². The number of aliphatic carboxylic acids is 1. The van der Waals surface area contributed by atoms with Gasteiger partial charge in [-0.05, 0) is 44.6 Å². The van der Waals surface area contributed by atoms with E-state index in [0.717, 1.165) is 26.1 Å². The summed E-state index contributed by atoms with van der Waals surface area (Å²) < 4.78 is 0. The normalized spacial score (nSPS) is 23.9. The van der Waals surface area contributed by atoms with E-state index in [-0.39, 0.29) is 0 Å². The molecule has 1 aliphatic carbocycles. The second-order valence-electron chi connectivity index (χ2n) is 6.83. The van der Waals surface area contributed by atoms with Crippen molar-refractivity contribution in [3.63, 3.8) is 0 Å². The zero-order chi connectivity index (χ0) is 15.4.